The standard InChI is InChI=1S/C22H25N3O2S/c1-16-5-11-19(12-6-16)27-14-21-23-20(15-28-21)22(26)25(4)13-17-7-9-18(10-8-17)24(2)3/h5-12,15H,13-14H2,1-4H3. The van der Waals surface area contributed by atoms with Gasteiger partial charge in [-0.2, -0.15) is 0 Å². The van der Waals surface area contributed by atoms with Crippen molar-refractivity contribution in [2.45, 2.75) is 20.1 Å². The highest BCUT2D eigenvalue weighted by molar-refractivity contribution is 7.09. The smallest absolute Gasteiger partial charge is 0.273 e. The van der Waals surface area contributed by atoms with Crippen LogP contribution in [0.1, 0.15) is 26.6 Å². The maximum atomic E-state index is 12.7. The Balaban J connectivity index is 1.57. The number of nitrogens with zero attached hydrogens (tertiary/aromatic N) is 3. The molecule has 6 heteroatoms. The summed E-state index contributed by atoms with van der Waals surface area (Å²) in [6, 6.07) is 16.1. The second-order valence-corrected chi connectivity index (χ2v) is 7.89. The Morgan fingerprint density at radius 1 is 1.04 bits per heavy atom. The monoisotopic (exact) mass is 395 g/mol. The molecule has 0 saturated heterocycles. The summed E-state index contributed by atoms with van der Waals surface area (Å²) >= 11 is 1.44. The van der Waals surface area contributed by atoms with Gasteiger partial charge in [0.05, 0.1) is 0 Å². The molecule has 2 aromatic carbocycles. The van der Waals surface area contributed by atoms with Gasteiger partial charge in [-0.3, -0.25) is 4.79 Å². The molecule has 0 bridgehead atoms. The highest BCUT2D eigenvalue weighted by Gasteiger charge is 2.16. The van der Waals surface area contributed by atoms with Gasteiger partial charge in [0.2, 0.25) is 0 Å². The lowest BCUT2D eigenvalue weighted by Crippen LogP contribution is -2.26. The molecular formula is C22H25N3O2S. The Morgan fingerprint density at radius 3 is 2.36 bits per heavy atom. The molecule has 28 heavy (non-hydrogen) atoms. The van der Waals surface area contributed by atoms with Crippen LogP contribution in [0, 0.1) is 6.92 Å². The van der Waals surface area contributed by atoms with E-state index in [0.717, 1.165) is 22.0 Å². The third kappa shape index (κ3) is 5.10. The number of carbonyl (C=O) groups excluding carboxylic acids is 1. The average molecular weight is 396 g/mol. The first-order chi connectivity index (χ1) is 13.4. The Labute approximate surface area is 170 Å². The number of hydrogen-bond acceptors (Lipinski definition) is 5. The van der Waals surface area contributed by atoms with Gasteiger partial charge in [-0.1, -0.05) is 29.8 Å². The molecule has 1 amide bonds. The van der Waals surface area contributed by atoms with E-state index in [4.69, 9.17) is 4.74 Å². The van der Waals surface area contributed by atoms with Gasteiger partial charge in [0, 0.05) is 38.8 Å². The number of anilines is 1. The van der Waals surface area contributed by atoms with E-state index in [9.17, 15) is 4.79 Å². The molecule has 0 spiro atoms. The minimum absolute atomic E-state index is 0.0884. The predicted octanol–water partition coefficient (Wildman–Crippen LogP) is 4.37. The zero-order valence-electron chi connectivity index (χ0n) is 16.7. The van der Waals surface area contributed by atoms with Crippen LogP contribution in [0.5, 0.6) is 5.75 Å². The van der Waals surface area contributed by atoms with Crippen molar-refractivity contribution < 1.29 is 9.53 Å². The molecule has 0 fully saturated rings. The SMILES string of the molecule is Cc1ccc(OCc2nc(C(=O)N(C)Cc3ccc(N(C)C)cc3)cs2)cc1. The van der Waals surface area contributed by atoms with Crippen molar-refractivity contribution in [3.05, 3.63) is 75.7 Å². The molecule has 0 radical (unpaired) electrons. The lowest BCUT2D eigenvalue weighted by molar-refractivity contribution is 0.0779. The number of aromatic nitrogens is 1. The summed E-state index contributed by atoms with van der Waals surface area (Å²) < 4.78 is 5.75. The van der Waals surface area contributed by atoms with Gasteiger partial charge in [-0.05, 0) is 36.8 Å². The molecule has 3 rings (SSSR count). The van der Waals surface area contributed by atoms with Crippen molar-refractivity contribution >= 4 is 22.9 Å². The number of benzene rings is 2. The Bertz CT molecular complexity index is 918. The van der Waals surface area contributed by atoms with Gasteiger partial charge in [0.15, 0.2) is 0 Å². The number of thiazole rings is 1. The number of carbonyl (C=O) groups is 1. The highest BCUT2D eigenvalue weighted by atomic mass is 32.1. The van der Waals surface area contributed by atoms with E-state index >= 15 is 0 Å². The third-order valence-electron chi connectivity index (χ3n) is 4.37. The van der Waals surface area contributed by atoms with E-state index < -0.39 is 0 Å². The van der Waals surface area contributed by atoms with Crippen molar-refractivity contribution in [3.8, 4) is 5.75 Å². The van der Waals surface area contributed by atoms with Gasteiger partial charge in [-0.15, -0.1) is 11.3 Å². The van der Waals surface area contributed by atoms with Gasteiger partial charge < -0.3 is 14.5 Å². The quantitative estimate of drug-likeness (QED) is 0.596. The summed E-state index contributed by atoms with van der Waals surface area (Å²) in [4.78, 5) is 20.8. The molecule has 1 aromatic heterocycles. The Hall–Kier alpha value is -2.86. The van der Waals surface area contributed by atoms with E-state index in [1.807, 2.05) is 62.3 Å². The molecule has 0 atom stereocenters. The van der Waals surface area contributed by atoms with Gasteiger partial charge in [0.25, 0.3) is 5.91 Å². The number of ether oxygens (including phenoxy) is 1. The van der Waals surface area contributed by atoms with Crippen LogP contribution in [-0.4, -0.2) is 36.9 Å². The fourth-order valence-corrected chi connectivity index (χ4v) is 3.37. The molecule has 0 saturated carbocycles. The first-order valence-corrected chi connectivity index (χ1v) is 9.96. The van der Waals surface area contributed by atoms with Gasteiger partial charge >= 0.3 is 0 Å². The summed E-state index contributed by atoms with van der Waals surface area (Å²) in [7, 11) is 5.81. The Kier molecular flexibility index (Phi) is 6.31. The fraction of sp³-hybridized carbons (Fsp3) is 0.273. The zero-order chi connectivity index (χ0) is 20.1. The van der Waals surface area contributed by atoms with Crippen LogP contribution in [-0.2, 0) is 13.2 Å². The summed E-state index contributed by atoms with van der Waals surface area (Å²) in [6.45, 7) is 2.94. The predicted molar refractivity (Wildman–Crippen MR) is 114 cm³/mol. The number of amides is 1. The van der Waals surface area contributed by atoms with Crippen LogP contribution < -0.4 is 9.64 Å². The molecular weight excluding hydrogens is 370 g/mol. The van der Waals surface area contributed by atoms with Crippen LogP contribution in [0.4, 0.5) is 5.69 Å². The summed E-state index contributed by atoms with van der Waals surface area (Å²) in [5, 5.41) is 2.58. The average Bonchev–Trinajstić information content (AvgIpc) is 3.16. The molecule has 0 aliphatic heterocycles. The minimum Gasteiger partial charge on any atom is -0.486 e. The Morgan fingerprint density at radius 2 is 1.71 bits per heavy atom. The summed E-state index contributed by atoms with van der Waals surface area (Å²) in [5.74, 6) is 0.710. The van der Waals surface area contributed by atoms with Crippen LogP contribution in [0.2, 0.25) is 0 Å². The van der Waals surface area contributed by atoms with E-state index in [0.29, 0.717) is 18.8 Å². The summed E-state index contributed by atoms with van der Waals surface area (Å²) in [6.07, 6.45) is 0. The topological polar surface area (TPSA) is 45.7 Å². The first kappa shape index (κ1) is 19.9. The van der Waals surface area contributed by atoms with Crippen molar-refractivity contribution in [3.63, 3.8) is 0 Å². The second-order valence-electron chi connectivity index (χ2n) is 6.95. The number of hydrogen-bond donors (Lipinski definition) is 0. The third-order valence-corrected chi connectivity index (χ3v) is 5.20. The van der Waals surface area contributed by atoms with E-state index in [-0.39, 0.29) is 5.91 Å². The lowest BCUT2D eigenvalue weighted by atomic mass is 10.2. The van der Waals surface area contributed by atoms with E-state index in [1.54, 1.807) is 17.3 Å². The minimum atomic E-state index is -0.0884. The fourth-order valence-electron chi connectivity index (χ4n) is 2.70. The first-order valence-electron chi connectivity index (χ1n) is 9.08. The highest BCUT2D eigenvalue weighted by Crippen LogP contribution is 2.18. The van der Waals surface area contributed by atoms with E-state index in [2.05, 4.69) is 17.1 Å². The molecule has 0 aliphatic rings. The van der Waals surface area contributed by atoms with Crippen molar-refractivity contribution in [2.75, 3.05) is 26.0 Å². The number of rotatable bonds is 7. The van der Waals surface area contributed by atoms with Crippen molar-refractivity contribution in [2.24, 2.45) is 0 Å². The molecule has 0 unspecified atom stereocenters. The molecule has 146 valence electrons. The van der Waals surface area contributed by atoms with Crippen LogP contribution >= 0.6 is 11.3 Å². The second kappa shape index (κ2) is 8.89. The maximum absolute atomic E-state index is 12.7. The van der Waals surface area contributed by atoms with E-state index in [1.165, 1.54) is 16.9 Å². The summed E-state index contributed by atoms with van der Waals surface area (Å²) in [5.41, 5.74) is 3.86. The van der Waals surface area contributed by atoms with Crippen LogP contribution in [0.3, 0.4) is 0 Å². The number of aryl methyl sites for hydroxylation is 1. The molecule has 0 aliphatic carbocycles. The van der Waals surface area contributed by atoms with Crippen molar-refractivity contribution in [1.29, 1.82) is 0 Å². The molecule has 5 nitrogen and oxygen atoms in total. The largest absolute Gasteiger partial charge is 0.486 e. The molecule has 3 aromatic rings. The van der Waals surface area contributed by atoms with Gasteiger partial charge in [0.1, 0.15) is 23.1 Å². The van der Waals surface area contributed by atoms with Crippen molar-refractivity contribution in [1.82, 2.24) is 9.88 Å². The van der Waals surface area contributed by atoms with Crippen LogP contribution in [0.15, 0.2) is 53.9 Å². The maximum Gasteiger partial charge on any atom is 0.273 e. The van der Waals surface area contributed by atoms with Gasteiger partial charge in [-0.25, -0.2) is 4.98 Å². The van der Waals surface area contributed by atoms with Crippen LogP contribution in [0.25, 0.3) is 0 Å². The zero-order valence-corrected chi connectivity index (χ0v) is 17.5. The molecule has 0 N–H and O–H groups in total. The molecule has 1 heterocycles. The lowest BCUT2D eigenvalue weighted by Gasteiger charge is -2.17. The normalized spacial score (nSPS) is 10.6.